The van der Waals surface area contributed by atoms with Crippen LogP contribution in [0.25, 0.3) is 0 Å². The van der Waals surface area contributed by atoms with Gasteiger partial charge in [0, 0.05) is 5.57 Å². The standard InChI is InChI=1S/C10H15NO2/c1-3-5-6-9(4-2)10(11)12-7-8-13-10/h3-4,6H,1-2,5,7-8,11H2/b9-6+. The summed E-state index contributed by atoms with van der Waals surface area (Å²) in [5.74, 6) is -1.09. The molecule has 0 unspecified atom stereocenters. The molecule has 3 heteroatoms. The minimum absolute atomic E-state index is 0.524. The third-order valence-electron chi connectivity index (χ3n) is 1.84. The molecule has 0 aromatic rings. The third kappa shape index (κ3) is 2.28. The normalized spacial score (nSPS) is 21.5. The fourth-order valence-electron chi connectivity index (χ4n) is 1.17. The van der Waals surface area contributed by atoms with Crippen molar-refractivity contribution in [2.24, 2.45) is 5.73 Å². The van der Waals surface area contributed by atoms with Gasteiger partial charge in [-0.25, -0.2) is 0 Å². The quantitative estimate of drug-likeness (QED) is 0.525. The Bertz CT molecular complexity index is 227. The summed E-state index contributed by atoms with van der Waals surface area (Å²) in [5, 5.41) is 0. The molecule has 0 aliphatic carbocycles. The summed E-state index contributed by atoms with van der Waals surface area (Å²) in [6, 6.07) is 0. The van der Waals surface area contributed by atoms with Crippen LogP contribution in [-0.4, -0.2) is 19.1 Å². The topological polar surface area (TPSA) is 44.5 Å². The van der Waals surface area contributed by atoms with Crippen molar-refractivity contribution in [2.45, 2.75) is 12.3 Å². The number of ether oxygens (including phenoxy) is 2. The van der Waals surface area contributed by atoms with Crippen LogP contribution in [0.4, 0.5) is 0 Å². The Morgan fingerprint density at radius 3 is 2.46 bits per heavy atom. The Morgan fingerprint density at radius 2 is 2.00 bits per heavy atom. The molecule has 1 aliphatic heterocycles. The minimum atomic E-state index is -1.09. The Hall–Kier alpha value is -0.900. The van der Waals surface area contributed by atoms with Gasteiger partial charge in [0.05, 0.1) is 13.2 Å². The van der Waals surface area contributed by atoms with Crippen molar-refractivity contribution >= 4 is 0 Å². The predicted octanol–water partition coefficient (Wildman–Crippen LogP) is 1.33. The molecule has 0 radical (unpaired) electrons. The number of nitrogens with two attached hydrogens (primary N) is 1. The van der Waals surface area contributed by atoms with Gasteiger partial charge in [0.2, 0.25) is 0 Å². The highest BCUT2D eigenvalue weighted by atomic mass is 16.8. The molecule has 1 rings (SSSR count). The summed E-state index contributed by atoms with van der Waals surface area (Å²) in [5.41, 5.74) is 6.59. The van der Waals surface area contributed by atoms with E-state index in [0.717, 1.165) is 12.0 Å². The molecule has 0 atom stereocenters. The van der Waals surface area contributed by atoms with Gasteiger partial charge in [-0.15, -0.1) is 6.58 Å². The SMILES string of the molecule is C=CC/C=C(\C=C)C1(N)OCCO1. The van der Waals surface area contributed by atoms with E-state index in [0.29, 0.717) is 13.2 Å². The van der Waals surface area contributed by atoms with Crippen LogP contribution in [0.3, 0.4) is 0 Å². The fourth-order valence-corrected chi connectivity index (χ4v) is 1.17. The molecule has 0 bridgehead atoms. The highest BCUT2D eigenvalue weighted by molar-refractivity contribution is 5.24. The van der Waals surface area contributed by atoms with Crippen molar-refractivity contribution in [3.05, 3.63) is 37.0 Å². The molecule has 1 heterocycles. The van der Waals surface area contributed by atoms with Crippen LogP contribution in [0.15, 0.2) is 37.0 Å². The monoisotopic (exact) mass is 181 g/mol. The molecule has 0 aromatic carbocycles. The second kappa shape index (κ2) is 4.37. The van der Waals surface area contributed by atoms with Crippen LogP contribution < -0.4 is 5.73 Å². The minimum Gasteiger partial charge on any atom is -0.331 e. The third-order valence-corrected chi connectivity index (χ3v) is 1.84. The van der Waals surface area contributed by atoms with Gasteiger partial charge in [-0.2, -0.15) is 0 Å². The van der Waals surface area contributed by atoms with E-state index >= 15 is 0 Å². The first-order valence-corrected chi connectivity index (χ1v) is 4.23. The van der Waals surface area contributed by atoms with Crippen molar-refractivity contribution in [2.75, 3.05) is 13.2 Å². The highest BCUT2D eigenvalue weighted by Crippen LogP contribution is 2.23. The van der Waals surface area contributed by atoms with Gasteiger partial charge in [0.25, 0.3) is 5.91 Å². The summed E-state index contributed by atoms with van der Waals surface area (Å²) < 4.78 is 10.5. The number of allylic oxidation sites excluding steroid dienone is 2. The lowest BCUT2D eigenvalue weighted by atomic mass is 10.1. The highest BCUT2D eigenvalue weighted by Gasteiger charge is 2.34. The molecule has 1 aliphatic rings. The Morgan fingerprint density at radius 1 is 1.38 bits per heavy atom. The van der Waals surface area contributed by atoms with Crippen molar-refractivity contribution in [1.29, 1.82) is 0 Å². The van der Waals surface area contributed by atoms with Gasteiger partial charge in [0.15, 0.2) is 0 Å². The molecule has 2 N–H and O–H groups in total. The maximum absolute atomic E-state index is 5.84. The molecule has 1 fully saturated rings. The van der Waals surface area contributed by atoms with Gasteiger partial charge in [-0.1, -0.05) is 24.8 Å². The Labute approximate surface area is 78.5 Å². The van der Waals surface area contributed by atoms with E-state index < -0.39 is 5.91 Å². The lowest BCUT2D eigenvalue weighted by Gasteiger charge is -2.22. The Kier molecular flexibility index (Phi) is 3.42. The number of hydrogen-bond acceptors (Lipinski definition) is 3. The first-order valence-electron chi connectivity index (χ1n) is 4.23. The van der Waals surface area contributed by atoms with Gasteiger partial charge < -0.3 is 9.47 Å². The molecule has 0 aromatic heterocycles. The van der Waals surface area contributed by atoms with E-state index in [1.807, 2.05) is 6.08 Å². The van der Waals surface area contributed by atoms with Gasteiger partial charge in [0.1, 0.15) is 0 Å². The largest absolute Gasteiger partial charge is 0.331 e. The molecule has 0 spiro atoms. The molecule has 3 nitrogen and oxygen atoms in total. The molecule has 0 saturated carbocycles. The van der Waals surface area contributed by atoms with Crippen LogP contribution in [0.1, 0.15) is 6.42 Å². The van der Waals surface area contributed by atoms with E-state index in [9.17, 15) is 0 Å². The summed E-state index contributed by atoms with van der Waals surface area (Å²) in [4.78, 5) is 0. The predicted molar refractivity (Wildman–Crippen MR) is 51.9 cm³/mol. The summed E-state index contributed by atoms with van der Waals surface area (Å²) in [7, 11) is 0. The van der Waals surface area contributed by atoms with Crippen LogP contribution in [0.5, 0.6) is 0 Å². The van der Waals surface area contributed by atoms with Crippen molar-refractivity contribution < 1.29 is 9.47 Å². The van der Waals surface area contributed by atoms with E-state index in [2.05, 4.69) is 13.2 Å². The van der Waals surface area contributed by atoms with E-state index in [4.69, 9.17) is 15.2 Å². The van der Waals surface area contributed by atoms with Crippen LogP contribution >= 0.6 is 0 Å². The lowest BCUT2D eigenvalue weighted by molar-refractivity contribution is -0.117. The van der Waals surface area contributed by atoms with Gasteiger partial charge in [-0.3, -0.25) is 5.73 Å². The summed E-state index contributed by atoms with van der Waals surface area (Å²) >= 11 is 0. The van der Waals surface area contributed by atoms with E-state index in [1.54, 1.807) is 12.2 Å². The molecule has 0 amide bonds. The zero-order valence-electron chi connectivity index (χ0n) is 7.66. The Balaban J connectivity index is 2.74. The zero-order chi connectivity index (χ0) is 9.73. The maximum Gasteiger partial charge on any atom is 0.253 e. The van der Waals surface area contributed by atoms with Crippen LogP contribution in [0.2, 0.25) is 0 Å². The summed E-state index contributed by atoms with van der Waals surface area (Å²) in [6.07, 6.45) is 6.05. The molecular formula is C10H15NO2. The fraction of sp³-hybridized carbons (Fsp3) is 0.400. The zero-order valence-corrected chi connectivity index (χ0v) is 7.66. The van der Waals surface area contributed by atoms with Gasteiger partial charge in [-0.05, 0) is 6.42 Å². The molecular weight excluding hydrogens is 166 g/mol. The molecule has 72 valence electrons. The first kappa shape index (κ1) is 10.2. The number of rotatable bonds is 4. The van der Waals surface area contributed by atoms with Crippen molar-refractivity contribution in [3.8, 4) is 0 Å². The molecule has 13 heavy (non-hydrogen) atoms. The molecule has 1 saturated heterocycles. The second-order valence-electron chi connectivity index (χ2n) is 2.75. The van der Waals surface area contributed by atoms with Crippen molar-refractivity contribution in [1.82, 2.24) is 0 Å². The van der Waals surface area contributed by atoms with Crippen LogP contribution in [0, 0.1) is 0 Å². The first-order chi connectivity index (χ1) is 6.23. The van der Waals surface area contributed by atoms with E-state index in [1.165, 1.54) is 0 Å². The second-order valence-corrected chi connectivity index (χ2v) is 2.75. The van der Waals surface area contributed by atoms with Crippen LogP contribution in [-0.2, 0) is 9.47 Å². The number of hydrogen-bond donors (Lipinski definition) is 1. The smallest absolute Gasteiger partial charge is 0.253 e. The average Bonchev–Trinajstić information content (AvgIpc) is 2.54. The summed E-state index contributed by atoms with van der Waals surface area (Å²) in [6.45, 7) is 8.32. The van der Waals surface area contributed by atoms with Gasteiger partial charge >= 0.3 is 0 Å². The lowest BCUT2D eigenvalue weighted by Crippen LogP contribution is -2.42. The maximum atomic E-state index is 5.84. The van der Waals surface area contributed by atoms with E-state index in [-0.39, 0.29) is 0 Å². The average molecular weight is 181 g/mol. The van der Waals surface area contributed by atoms with Crippen molar-refractivity contribution in [3.63, 3.8) is 0 Å².